The van der Waals surface area contributed by atoms with Gasteiger partial charge < -0.3 is 20.1 Å². The molecule has 2 heterocycles. The van der Waals surface area contributed by atoms with Crippen molar-refractivity contribution in [2.24, 2.45) is 0 Å². The molecule has 0 saturated carbocycles. The summed E-state index contributed by atoms with van der Waals surface area (Å²) in [5, 5.41) is 5.78. The monoisotopic (exact) mass is 404 g/mol. The molecule has 2 N–H and O–H groups in total. The van der Waals surface area contributed by atoms with Crippen LogP contribution in [0.4, 0.5) is 11.5 Å². The lowest BCUT2D eigenvalue weighted by Crippen LogP contribution is -2.36. The van der Waals surface area contributed by atoms with Crippen molar-refractivity contribution >= 4 is 34.9 Å². The number of nitrogens with one attached hydrogen (secondary N) is 2. The lowest BCUT2D eigenvalue weighted by atomic mass is 10.2. The van der Waals surface area contributed by atoms with E-state index < -0.39 is 0 Å². The molecule has 0 aliphatic carbocycles. The van der Waals surface area contributed by atoms with Crippen LogP contribution in [0.5, 0.6) is 11.5 Å². The number of rotatable bonds is 6. The third-order valence-electron chi connectivity index (χ3n) is 3.92. The Morgan fingerprint density at radius 1 is 1.11 bits per heavy atom. The smallest absolute Gasteiger partial charge is 0.239 e. The van der Waals surface area contributed by atoms with Crippen LogP contribution in [0, 0.1) is 6.92 Å². The molecule has 28 heavy (non-hydrogen) atoms. The van der Waals surface area contributed by atoms with E-state index in [4.69, 9.17) is 21.1 Å². The Bertz CT molecular complexity index is 890. The molecule has 0 radical (unpaired) electrons. The molecule has 2 amide bonds. The number of halogens is 1. The van der Waals surface area contributed by atoms with Gasteiger partial charge in [-0.05, 0) is 31.7 Å². The standard InChI is InChI=1S/C19H21ClN4O4/c1-12-3-4-21-17(7-12)23-19(26)11-24(2)10-18(25)22-14-9-16-15(8-13(14)20)27-5-6-28-16/h3-4,7-9H,5-6,10-11H2,1-2H3,(H,22,25)(H,21,23,26). The minimum atomic E-state index is -0.303. The van der Waals surface area contributed by atoms with E-state index >= 15 is 0 Å². The average molecular weight is 405 g/mol. The van der Waals surface area contributed by atoms with Gasteiger partial charge in [-0.3, -0.25) is 14.5 Å². The van der Waals surface area contributed by atoms with Crippen LogP contribution in [0.2, 0.25) is 5.02 Å². The summed E-state index contributed by atoms with van der Waals surface area (Å²) in [5.74, 6) is 0.997. The number of benzene rings is 1. The molecule has 1 aliphatic heterocycles. The molecule has 8 nitrogen and oxygen atoms in total. The van der Waals surface area contributed by atoms with Crippen molar-refractivity contribution < 1.29 is 19.1 Å². The molecule has 1 aromatic carbocycles. The lowest BCUT2D eigenvalue weighted by Gasteiger charge is -2.20. The molecule has 2 aromatic rings. The van der Waals surface area contributed by atoms with Gasteiger partial charge in [0.05, 0.1) is 23.8 Å². The van der Waals surface area contributed by atoms with Gasteiger partial charge in [-0.15, -0.1) is 0 Å². The van der Waals surface area contributed by atoms with Gasteiger partial charge in [-0.25, -0.2) is 4.98 Å². The fourth-order valence-electron chi connectivity index (χ4n) is 2.68. The molecule has 0 unspecified atom stereocenters. The van der Waals surface area contributed by atoms with Crippen molar-refractivity contribution in [2.75, 3.05) is 44.0 Å². The summed E-state index contributed by atoms with van der Waals surface area (Å²) in [5.41, 5.74) is 1.42. The van der Waals surface area contributed by atoms with Crippen LogP contribution < -0.4 is 20.1 Å². The molecule has 0 atom stereocenters. The quantitative estimate of drug-likeness (QED) is 0.767. The maximum atomic E-state index is 12.3. The summed E-state index contributed by atoms with van der Waals surface area (Å²) in [6.07, 6.45) is 1.62. The molecule has 9 heteroatoms. The van der Waals surface area contributed by atoms with Crippen LogP contribution in [0.1, 0.15) is 5.56 Å². The summed E-state index contributed by atoms with van der Waals surface area (Å²) < 4.78 is 10.9. The number of carbonyl (C=O) groups is 2. The van der Waals surface area contributed by atoms with Crippen LogP contribution in [0.3, 0.4) is 0 Å². The summed E-state index contributed by atoms with van der Waals surface area (Å²) in [6, 6.07) is 6.85. The van der Waals surface area contributed by atoms with Gasteiger partial charge in [0.15, 0.2) is 11.5 Å². The van der Waals surface area contributed by atoms with Crippen molar-refractivity contribution in [1.29, 1.82) is 0 Å². The predicted molar refractivity (Wildman–Crippen MR) is 106 cm³/mol. The van der Waals surface area contributed by atoms with E-state index in [-0.39, 0.29) is 24.9 Å². The first-order valence-electron chi connectivity index (χ1n) is 8.71. The second-order valence-electron chi connectivity index (χ2n) is 6.46. The number of aromatic nitrogens is 1. The zero-order valence-corrected chi connectivity index (χ0v) is 16.4. The molecule has 1 aromatic heterocycles. The van der Waals surface area contributed by atoms with Crippen molar-refractivity contribution in [3.05, 3.63) is 41.0 Å². The third kappa shape index (κ3) is 5.34. The van der Waals surface area contributed by atoms with E-state index in [0.717, 1.165) is 5.56 Å². The summed E-state index contributed by atoms with van der Waals surface area (Å²) in [7, 11) is 1.67. The third-order valence-corrected chi connectivity index (χ3v) is 4.23. The van der Waals surface area contributed by atoms with Crippen molar-refractivity contribution in [2.45, 2.75) is 6.92 Å². The number of hydrogen-bond donors (Lipinski definition) is 2. The van der Waals surface area contributed by atoms with Crippen LogP contribution >= 0.6 is 11.6 Å². The highest BCUT2D eigenvalue weighted by atomic mass is 35.5. The molecular weight excluding hydrogens is 384 g/mol. The maximum absolute atomic E-state index is 12.3. The number of ether oxygens (including phenoxy) is 2. The first-order chi connectivity index (χ1) is 13.4. The van der Waals surface area contributed by atoms with Crippen molar-refractivity contribution in [3.8, 4) is 11.5 Å². The molecule has 3 rings (SSSR count). The summed E-state index contributed by atoms with van der Waals surface area (Å²) in [6.45, 7) is 2.86. The minimum absolute atomic E-state index is 0.0133. The Labute approximate surface area is 167 Å². The summed E-state index contributed by atoms with van der Waals surface area (Å²) >= 11 is 6.19. The molecule has 0 spiro atoms. The number of nitrogens with zero attached hydrogens (tertiary/aromatic N) is 2. The van der Waals surface area contributed by atoms with Crippen LogP contribution in [0.25, 0.3) is 0 Å². The zero-order chi connectivity index (χ0) is 20.1. The van der Waals surface area contributed by atoms with Crippen molar-refractivity contribution in [3.63, 3.8) is 0 Å². The Hall–Kier alpha value is -2.84. The summed E-state index contributed by atoms with van der Waals surface area (Å²) in [4.78, 5) is 30.1. The van der Waals surface area contributed by atoms with Crippen LogP contribution in [0.15, 0.2) is 30.5 Å². The highest BCUT2D eigenvalue weighted by Gasteiger charge is 2.17. The maximum Gasteiger partial charge on any atom is 0.239 e. The number of anilines is 2. The fraction of sp³-hybridized carbons (Fsp3) is 0.316. The minimum Gasteiger partial charge on any atom is -0.486 e. The number of aryl methyl sites for hydroxylation is 1. The van der Waals surface area contributed by atoms with E-state index in [1.165, 1.54) is 0 Å². The molecule has 0 saturated heterocycles. The highest BCUT2D eigenvalue weighted by Crippen LogP contribution is 2.37. The Balaban J connectivity index is 1.52. The van der Waals surface area contributed by atoms with E-state index in [2.05, 4.69) is 15.6 Å². The topological polar surface area (TPSA) is 92.8 Å². The van der Waals surface area contributed by atoms with E-state index in [1.54, 1.807) is 36.3 Å². The predicted octanol–water partition coefficient (Wildman–Crippen LogP) is 2.32. The van der Waals surface area contributed by atoms with E-state index in [0.29, 0.717) is 41.2 Å². The van der Waals surface area contributed by atoms with Gasteiger partial charge in [0, 0.05) is 18.3 Å². The number of fused-ring (bicyclic) bond motifs is 1. The number of carbonyl (C=O) groups excluding carboxylic acids is 2. The number of pyridine rings is 1. The number of amides is 2. The zero-order valence-electron chi connectivity index (χ0n) is 15.6. The van der Waals surface area contributed by atoms with Gasteiger partial charge in [0.2, 0.25) is 11.8 Å². The fourth-order valence-corrected chi connectivity index (χ4v) is 2.88. The Morgan fingerprint density at radius 3 is 2.43 bits per heavy atom. The molecule has 0 bridgehead atoms. The number of likely N-dealkylation sites (N-methyl/N-ethyl adjacent to an activating group) is 1. The SMILES string of the molecule is Cc1ccnc(NC(=O)CN(C)CC(=O)Nc2cc3c(cc2Cl)OCCO3)c1. The first kappa shape index (κ1) is 19.9. The molecule has 1 aliphatic rings. The second-order valence-corrected chi connectivity index (χ2v) is 6.87. The van der Waals surface area contributed by atoms with Crippen molar-refractivity contribution in [1.82, 2.24) is 9.88 Å². The average Bonchev–Trinajstić information content (AvgIpc) is 2.62. The number of hydrogen-bond acceptors (Lipinski definition) is 6. The van der Waals surface area contributed by atoms with Crippen LogP contribution in [-0.2, 0) is 9.59 Å². The molecular formula is C19H21ClN4O4. The van der Waals surface area contributed by atoms with Gasteiger partial charge >= 0.3 is 0 Å². The molecule has 0 fully saturated rings. The van der Waals surface area contributed by atoms with Crippen LogP contribution in [-0.4, -0.2) is 55.0 Å². The highest BCUT2D eigenvalue weighted by molar-refractivity contribution is 6.34. The lowest BCUT2D eigenvalue weighted by molar-refractivity contribution is -0.119. The normalized spacial score (nSPS) is 12.6. The largest absolute Gasteiger partial charge is 0.486 e. The van der Waals surface area contributed by atoms with E-state index in [9.17, 15) is 9.59 Å². The van der Waals surface area contributed by atoms with Gasteiger partial charge in [-0.1, -0.05) is 11.6 Å². The van der Waals surface area contributed by atoms with Gasteiger partial charge in [0.25, 0.3) is 0 Å². The van der Waals surface area contributed by atoms with Gasteiger partial charge in [-0.2, -0.15) is 0 Å². The first-order valence-corrected chi connectivity index (χ1v) is 9.08. The second kappa shape index (κ2) is 8.90. The Kier molecular flexibility index (Phi) is 6.33. The van der Waals surface area contributed by atoms with Gasteiger partial charge in [0.1, 0.15) is 19.0 Å². The Morgan fingerprint density at radius 2 is 1.75 bits per heavy atom. The molecule has 148 valence electrons. The van der Waals surface area contributed by atoms with E-state index in [1.807, 2.05) is 13.0 Å².